The third-order valence-electron chi connectivity index (χ3n) is 4.25. The minimum atomic E-state index is -3.45. The summed E-state index contributed by atoms with van der Waals surface area (Å²) in [6, 6.07) is 6.24. The highest BCUT2D eigenvalue weighted by molar-refractivity contribution is 7.89. The molecule has 1 aliphatic heterocycles. The van der Waals surface area contributed by atoms with Gasteiger partial charge in [-0.1, -0.05) is 31.9 Å². The zero-order chi connectivity index (χ0) is 17.6. The molecule has 0 bridgehead atoms. The van der Waals surface area contributed by atoms with Crippen LogP contribution in [0.15, 0.2) is 29.2 Å². The van der Waals surface area contributed by atoms with Crippen molar-refractivity contribution in [2.45, 2.75) is 56.5 Å². The summed E-state index contributed by atoms with van der Waals surface area (Å²) in [6.07, 6.45) is 4.37. The van der Waals surface area contributed by atoms with Gasteiger partial charge in [0.25, 0.3) is 0 Å². The van der Waals surface area contributed by atoms with E-state index in [4.69, 9.17) is 5.73 Å². The van der Waals surface area contributed by atoms with Crippen molar-refractivity contribution in [3.8, 4) is 0 Å². The molecule has 1 saturated heterocycles. The lowest BCUT2D eigenvalue weighted by atomic mass is 10.1. The van der Waals surface area contributed by atoms with E-state index in [-0.39, 0.29) is 29.8 Å². The number of carbonyl (C=O) groups excluding carboxylic acids is 1. The Morgan fingerprint density at radius 3 is 2.60 bits per heavy atom. The number of hydrogen-bond donors (Lipinski definition) is 2. The topological polar surface area (TPSA) is 92.5 Å². The fourth-order valence-electron chi connectivity index (χ4n) is 2.83. The highest BCUT2D eigenvalue weighted by atomic mass is 35.5. The maximum atomic E-state index is 12.7. The van der Waals surface area contributed by atoms with Crippen LogP contribution in [-0.4, -0.2) is 37.8 Å². The molecule has 0 aliphatic carbocycles. The number of sulfonamides is 1. The van der Waals surface area contributed by atoms with Gasteiger partial charge in [-0.05, 0) is 37.0 Å². The molecule has 0 saturated carbocycles. The summed E-state index contributed by atoms with van der Waals surface area (Å²) in [5.41, 5.74) is 6.53. The lowest BCUT2D eigenvalue weighted by molar-refractivity contribution is -0.122. The van der Waals surface area contributed by atoms with Crippen molar-refractivity contribution in [2.24, 2.45) is 5.73 Å². The highest BCUT2D eigenvalue weighted by Gasteiger charge is 2.26. The van der Waals surface area contributed by atoms with Gasteiger partial charge in [0, 0.05) is 19.6 Å². The van der Waals surface area contributed by atoms with Gasteiger partial charge in [0.1, 0.15) is 0 Å². The molecule has 1 aromatic carbocycles. The smallest absolute Gasteiger partial charge is 0.243 e. The fourth-order valence-corrected chi connectivity index (χ4v) is 4.42. The van der Waals surface area contributed by atoms with Gasteiger partial charge in [0.15, 0.2) is 0 Å². The molecule has 1 fully saturated rings. The molecular formula is C17H28ClN3O3S. The van der Waals surface area contributed by atoms with Crippen LogP contribution in [0.5, 0.6) is 0 Å². The number of carbonyl (C=O) groups is 1. The van der Waals surface area contributed by atoms with Crippen molar-refractivity contribution in [2.75, 3.05) is 13.1 Å². The minimum absolute atomic E-state index is 0. The van der Waals surface area contributed by atoms with Crippen LogP contribution in [0.1, 0.15) is 44.6 Å². The molecule has 6 nitrogen and oxygen atoms in total. The molecule has 0 aromatic heterocycles. The average Bonchev–Trinajstić information content (AvgIpc) is 2.61. The van der Waals surface area contributed by atoms with Gasteiger partial charge in [-0.25, -0.2) is 8.42 Å². The first-order chi connectivity index (χ1) is 11.4. The molecule has 25 heavy (non-hydrogen) atoms. The predicted octanol–water partition coefficient (Wildman–Crippen LogP) is 2.03. The monoisotopic (exact) mass is 389 g/mol. The van der Waals surface area contributed by atoms with Crippen LogP contribution in [0.3, 0.4) is 0 Å². The summed E-state index contributed by atoms with van der Waals surface area (Å²) in [6.45, 7) is 3.41. The largest absolute Gasteiger partial charge is 0.351 e. The second-order valence-corrected chi connectivity index (χ2v) is 8.16. The molecule has 1 amide bonds. The SMILES string of the molecule is CCCC(N)C(=O)NCc1cccc(S(=O)(=O)N2CCCCC2)c1.Cl. The molecule has 1 aliphatic rings. The number of hydrogen-bond acceptors (Lipinski definition) is 4. The molecule has 1 unspecified atom stereocenters. The molecule has 2 rings (SSSR count). The maximum absolute atomic E-state index is 12.7. The van der Waals surface area contributed by atoms with Crippen LogP contribution in [0.4, 0.5) is 0 Å². The molecule has 8 heteroatoms. The number of nitrogens with zero attached hydrogens (tertiary/aromatic N) is 1. The summed E-state index contributed by atoms with van der Waals surface area (Å²) in [7, 11) is -3.45. The molecular weight excluding hydrogens is 362 g/mol. The molecule has 0 spiro atoms. The van der Waals surface area contributed by atoms with E-state index in [2.05, 4.69) is 5.32 Å². The van der Waals surface area contributed by atoms with E-state index in [0.717, 1.165) is 31.2 Å². The van der Waals surface area contributed by atoms with E-state index in [0.29, 0.717) is 19.5 Å². The number of nitrogens with one attached hydrogen (secondary N) is 1. The van der Waals surface area contributed by atoms with Gasteiger partial charge in [-0.3, -0.25) is 4.79 Å². The third kappa shape index (κ3) is 5.95. The van der Waals surface area contributed by atoms with E-state index in [1.807, 2.05) is 6.92 Å². The highest BCUT2D eigenvalue weighted by Crippen LogP contribution is 2.21. The first-order valence-corrected chi connectivity index (χ1v) is 10.0. The summed E-state index contributed by atoms with van der Waals surface area (Å²) < 4.78 is 26.9. The summed E-state index contributed by atoms with van der Waals surface area (Å²) >= 11 is 0. The maximum Gasteiger partial charge on any atom is 0.243 e. The molecule has 1 heterocycles. The van der Waals surface area contributed by atoms with Gasteiger partial charge in [0.05, 0.1) is 10.9 Å². The van der Waals surface area contributed by atoms with Crippen molar-refractivity contribution < 1.29 is 13.2 Å². The Kier molecular flexibility index (Phi) is 8.85. The van der Waals surface area contributed by atoms with Crippen LogP contribution in [0.25, 0.3) is 0 Å². The quantitative estimate of drug-likeness (QED) is 0.746. The first kappa shape index (κ1) is 21.9. The molecule has 1 aromatic rings. The number of halogens is 1. The van der Waals surface area contributed by atoms with Crippen molar-refractivity contribution >= 4 is 28.3 Å². The van der Waals surface area contributed by atoms with Crippen LogP contribution < -0.4 is 11.1 Å². The normalized spacial score (nSPS) is 16.7. The number of rotatable bonds is 7. The van der Waals surface area contributed by atoms with E-state index in [9.17, 15) is 13.2 Å². The second-order valence-electron chi connectivity index (χ2n) is 6.23. The third-order valence-corrected chi connectivity index (χ3v) is 6.15. The lowest BCUT2D eigenvalue weighted by Crippen LogP contribution is -2.40. The summed E-state index contributed by atoms with van der Waals surface area (Å²) in [5.74, 6) is -0.207. The number of nitrogens with two attached hydrogens (primary N) is 1. The zero-order valence-corrected chi connectivity index (χ0v) is 16.2. The van der Waals surface area contributed by atoms with Crippen LogP contribution in [0, 0.1) is 0 Å². The first-order valence-electron chi connectivity index (χ1n) is 8.57. The van der Waals surface area contributed by atoms with E-state index >= 15 is 0 Å². The van der Waals surface area contributed by atoms with Gasteiger partial charge >= 0.3 is 0 Å². The van der Waals surface area contributed by atoms with Crippen molar-refractivity contribution in [3.05, 3.63) is 29.8 Å². The van der Waals surface area contributed by atoms with Gasteiger partial charge in [-0.2, -0.15) is 4.31 Å². The molecule has 1 atom stereocenters. The van der Waals surface area contributed by atoms with Gasteiger partial charge < -0.3 is 11.1 Å². The van der Waals surface area contributed by atoms with E-state index < -0.39 is 16.1 Å². The Hall–Kier alpha value is -1.15. The van der Waals surface area contributed by atoms with E-state index in [1.165, 1.54) is 0 Å². The summed E-state index contributed by atoms with van der Waals surface area (Å²) in [5, 5.41) is 2.77. The van der Waals surface area contributed by atoms with Crippen molar-refractivity contribution in [1.29, 1.82) is 0 Å². The minimum Gasteiger partial charge on any atom is -0.351 e. The number of benzene rings is 1. The Morgan fingerprint density at radius 2 is 1.96 bits per heavy atom. The predicted molar refractivity (Wildman–Crippen MR) is 101 cm³/mol. The number of piperidine rings is 1. The fraction of sp³-hybridized carbons (Fsp3) is 0.588. The zero-order valence-electron chi connectivity index (χ0n) is 14.6. The Morgan fingerprint density at radius 1 is 1.28 bits per heavy atom. The van der Waals surface area contributed by atoms with Gasteiger partial charge in [-0.15, -0.1) is 12.4 Å². The molecule has 0 radical (unpaired) electrons. The lowest BCUT2D eigenvalue weighted by Gasteiger charge is -2.26. The van der Waals surface area contributed by atoms with Crippen molar-refractivity contribution in [3.63, 3.8) is 0 Å². The van der Waals surface area contributed by atoms with Crippen LogP contribution in [-0.2, 0) is 21.4 Å². The van der Waals surface area contributed by atoms with Crippen LogP contribution in [0.2, 0.25) is 0 Å². The molecule has 3 N–H and O–H groups in total. The summed E-state index contributed by atoms with van der Waals surface area (Å²) in [4.78, 5) is 12.2. The number of amides is 1. The molecule has 142 valence electrons. The van der Waals surface area contributed by atoms with Crippen LogP contribution >= 0.6 is 12.4 Å². The Labute approximate surface area is 156 Å². The van der Waals surface area contributed by atoms with E-state index in [1.54, 1.807) is 28.6 Å². The van der Waals surface area contributed by atoms with Gasteiger partial charge in [0.2, 0.25) is 15.9 Å². The van der Waals surface area contributed by atoms with Crippen molar-refractivity contribution in [1.82, 2.24) is 9.62 Å². The second kappa shape index (κ2) is 10.1. The Bertz CT molecular complexity index is 661. The Balaban J connectivity index is 0.00000312. The standard InChI is InChI=1S/C17H27N3O3S.ClH/c1-2-7-16(18)17(21)19-13-14-8-6-9-15(12-14)24(22,23)20-10-4-3-5-11-20;/h6,8-9,12,16H,2-5,7,10-11,13,18H2,1H3,(H,19,21);1H. The average molecular weight is 390 g/mol.